The fourth-order valence-corrected chi connectivity index (χ4v) is 4.66. The maximum absolute atomic E-state index is 13.3. The number of amides is 1. The fourth-order valence-electron chi connectivity index (χ4n) is 3.55. The number of hydrogen-bond donors (Lipinski definition) is 1. The van der Waals surface area contributed by atoms with Crippen LogP contribution in [0.3, 0.4) is 0 Å². The monoisotopic (exact) mass is 345 g/mol. The summed E-state index contributed by atoms with van der Waals surface area (Å²) in [6.07, 6.45) is 3.52. The van der Waals surface area contributed by atoms with E-state index in [1.165, 1.54) is 4.70 Å². The quantitative estimate of drug-likeness (QED) is 0.902. The number of thiazole rings is 1. The van der Waals surface area contributed by atoms with Gasteiger partial charge in [-0.2, -0.15) is 0 Å². The molecule has 0 spiro atoms. The van der Waals surface area contributed by atoms with E-state index in [0.29, 0.717) is 5.91 Å². The molecule has 1 aliphatic rings. The zero-order valence-electron chi connectivity index (χ0n) is 14.7. The number of fused-ring (bicyclic) bond motifs is 1. The molecule has 1 aliphatic heterocycles. The van der Waals surface area contributed by atoms with Crippen molar-refractivity contribution in [1.29, 1.82) is 0 Å². The Labute approximate surface area is 148 Å². The highest BCUT2D eigenvalue weighted by Crippen LogP contribution is 2.36. The minimum atomic E-state index is -0.321. The molecule has 0 unspecified atom stereocenters. The van der Waals surface area contributed by atoms with Crippen LogP contribution in [-0.2, 0) is 11.2 Å². The van der Waals surface area contributed by atoms with E-state index in [1.807, 2.05) is 12.1 Å². The van der Waals surface area contributed by atoms with Crippen LogP contribution >= 0.6 is 11.3 Å². The van der Waals surface area contributed by atoms with E-state index in [0.717, 1.165) is 62.4 Å². The van der Waals surface area contributed by atoms with E-state index < -0.39 is 0 Å². The highest BCUT2D eigenvalue weighted by molar-refractivity contribution is 7.18. The van der Waals surface area contributed by atoms with Gasteiger partial charge in [-0.3, -0.25) is 4.79 Å². The normalized spacial score (nSPS) is 16.3. The predicted octanol–water partition coefficient (Wildman–Crippen LogP) is 3.47. The van der Waals surface area contributed by atoms with Crippen molar-refractivity contribution in [2.24, 2.45) is 5.41 Å². The molecule has 3 rings (SSSR count). The van der Waals surface area contributed by atoms with Gasteiger partial charge in [0.25, 0.3) is 0 Å². The van der Waals surface area contributed by atoms with Crippen LogP contribution in [0.4, 0.5) is 0 Å². The van der Waals surface area contributed by atoms with Crippen LogP contribution in [0.15, 0.2) is 24.3 Å². The van der Waals surface area contributed by atoms with E-state index in [9.17, 15) is 4.79 Å². The van der Waals surface area contributed by atoms with Gasteiger partial charge >= 0.3 is 0 Å². The van der Waals surface area contributed by atoms with Gasteiger partial charge in [-0.1, -0.05) is 26.0 Å². The van der Waals surface area contributed by atoms with Gasteiger partial charge < -0.3 is 10.2 Å². The van der Waals surface area contributed by atoms with Crippen LogP contribution in [0.25, 0.3) is 10.2 Å². The molecule has 1 N–H and O–H groups in total. The number of carbonyl (C=O) groups excluding carboxylic acids is 1. The van der Waals surface area contributed by atoms with Crippen LogP contribution < -0.4 is 5.32 Å². The average molecular weight is 346 g/mol. The van der Waals surface area contributed by atoms with Crippen molar-refractivity contribution in [3.63, 3.8) is 0 Å². The Morgan fingerprint density at radius 2 is 2.04 bits per heavy atom. The second-order valence-electron chi connectivity index (χ2n) is 6.64. The SMILES string of the molecule is CCC(CC)(Cc1nc2ccccc2s1)C(=O)N1CCCNCC1. The predicted molar refractivity (Wildman–Crippen MR) is 100 cm³/mol. The third-order valence-corrected chi connectivity index (χ3v) is 6.30. The molecule has 2 aromatic rings. The van der Waals surface area contributed by atoms with Crippen LogP contribution in [0, 0.1) is 5.41 Å². The van der Waals surface area contributed by atoms with Gasteiger partial charge in [-0.15, -0.1) is 11.3 Å². The number of aromatic nitrogens is 1. The molecule has 1 aromatic carbocycles. The standard InChI is InChI=1S/C19H27N3OS/c1-3-19(4-2,18(23)22-12-7-10-20-11-13-22)14-17-21-15-8-5-6-9-16(15)24-17/h5-6,8-9,20H,3-4,7,10-14H2,1-2H3. The molecule has 2 heterocycles. The van der Waals surface area contributed by atoms with Gasteiger partial charge in [0.1, 0.15) is 0 Å². The van der Waals surface area contributed by atoms with Gasteiger partial charge in [0.15, 0.2) is 0 Å². The lowest BCUT2D eigenvalue weighted by Gasteiger charge is -2.35. The first-order valence-electron chi connectivity index (χ1n) is 9.03. The molecule has 1 fully saturated rings. The van der Waals surface area contributed by atoms with Gasteiger partial charge in [-0.25, -0.2) is 4.98 Å². The Morgan fingerprint density at radius 1 is 1.25 bits per heavy atom. The van der Waals surface area contributed by atoms with Crippen molar-refractivity contribution in [2.75, 3.05) is 26.2 Å². The third kappa shape index (κ3) is 3.47. The Kier molecular flexibility index (Phi) is 5.51. The Hall–Kier alpha value is -1.46. The van der Waals surface area contributed by atoms with Gasteiger partial charge in [0.2, 0.25) is 5.91 Å². The molecule has 24 heavy (non-hydrogen) atoms. The molecule has 5 heteroatoms. The molecule has 0 saturated carbocycles. The molecule has 0 bridgehead atoms. The first-order valence-corrected chi connectivity index (χ1v) is 9.85. The second kappa shape index (κ2) is 7.62. The molecular weight excluding hydrogens is 318 g/mol. The zero-order valence-corrected chi connectivity index (χ0v) is 15.5. The zero-order chi connectivity index (χ0) is 17.0. The number of nitrogens with one attached hydrogen (secondary N) is 1. The third-order valence-electron chi connectivity index (χ3n) is 5.26. The van der Waals surface area contributed by atoms with Crippen molar-refractivity contribution >= 4 is 27.5 Å². The topological polar surface area (TPSA) is 45.2 Å². The van der Waals surface area contributed by atoms with Gasteiger partial charge in [0.05, 0.1) is 20.6 Å². The Bertz CT molecular complexity index is 652. The summed E-state index contributed by atoms with van der Waals surface area (Å²) in [5, 5.41) is 4.47. The lowest BCUT2D eigenvalue weighted by molar-refractivity contribution is -0.142. The molecule has 1 saturated heterocycles. The number of nitrogens with zero attached hydrogens (tertiary/aromatic N) is 2. The summed E-state index contributed by atoms with van der Waals surface area (Å²) in [5.41, 5.74) is 0.725. The summed E-state index contributed by atoms with van der Waals surface area (Å²) in [4.78, 5) is 20.2. The van der Waals surface area contributed by atoms with E-state index in [1.54, 1.807) is 11.3 Å². The van der Waals surface area contributed by atoms with Crippen molar-refractivity contribution in [1.82, 2.24) is 15.2 Å². The Balaban J connectivity index is 1.84. The fraction of sp³-hybridized carbons (Fsp3) is 0.579. The van der Waals surface area contributed by atoms with Crippen molar-refractivity contribution < 1.29 is 4.79 Å². The average Bonchev–Trinajstić information content (AvgIpc) is 2.82. The Morgan fingerprint density at radius 3 is 2.79 bits per heavy atom. The van der Waals surface area contributed by atoms with Crippen LogP contribution in [0.1, 0.15) is 38.1 Å². The van der Waals surface area contributed by atoms with Crippen LogP contribution in [-0.4, -0.2) is 42.0 Å². The molecule has 1 aromatic heterocycles. The summed E-state index contributed by atoms with van der Waals surface area (Å²) < 4.78 is 1.21. The molecule has 1 amide bonds. The highest BCUT2D eigenvalue weighted by atomic mass is 32.1. The van der Waals surface area contributed by atoms with Gasteiger partial charge in [-0.05, 0) is 37.9 Å². The lowest BCUT2D eigenvalue weighted by atomic mass is 9.78. The number of carbonyl (C=O) groups is 1. The van der Waals surface area contributed by atoms with Crippen LogP contribution in [0.5, 0.6) is 0 Å². The van der Waals surface area contributed by atoms with Crippen LogP contribution in [0.2, 0.25) is 0 Å². The van der Waals surface area contributed by atoms with Crippen molar-refractivity contribution in [3.8, 4) is 0 Å². The van der Waals surface area contributed by atoms with Crippen molar-refractivity contribution in [2.45, 2.75) is 39.5 Å². The number of benzene rings is 1. The van der Waals surface area contributed by atoms with E-state index >= 15 is 0 Å². The van der Waals surface area contributed by atoms with Crippen molar-refractivity contribution in [3.05, 3.63) is 29.3 Å². The van der Waals surface area contributed by atoms with E-state index in [4.69, 9.17) is 4.98 Å². The first kappa shape index (κ1) is 17.4. The lowest BCUT2D eigenvalue weighted by Crippen LogP contribution is -2.46. The maximum Gasteiger partial charge on any atom is 0.229 e. The summed E-state index contributed by atoms with van der Waals surface area (Å²) in [5.74, 6) is 0.315. The largest absolute Gasteiger partial charge is 0.341 e. The van der Waals surface area contributed by atoms with E-state index in [-0.39, 0.29) is 5.41 Å². The van der Waals surface area contributed by atoms with Gasteiger partial charge in [0, 0.05) is 26.1 Å². The molecule has 4 nitrogen and oxygen atoms in total. The number of hydrogen-bond acceptors (Lipinski definition) is 4. The molecule has 0 atom stereocenters. The molecule has 130 valence electrons. The number of rotatable bonds is 5. The number of para-hydroxylation sites is 1. The summed E-state index contributed by atoms with van der Waals surface area (Å²) >= 11 is 1.73. The minimum Gasteiger partial charge on any atom is -0.341 e. The summed E-state index contributed by atoms with van der Waals surface area (Å²) in [6, 6.07) is 8.23. The molecule has 0 radical (unpaired) electrons. The van der Waals surface area contributed by atoms with E-state index in [2.05, 4.69) is 36.2 Å². The maximum atomic E-state index is 13.3. The summed E-state index contributed by atoms with van der Waals surface area (Å²) in [6.45, 7) is 7.88. The summed E-state index contributed by atoms with van der Waals surface area (Å²) in [7, 11) is 0. The first-order chi connectivity index (χ1) is 11.7. The highest BCUT2D eigenvalue weighted by Gasteiger charge is 2.39. The minimum absolute atomic E-state index is 0.315. The smallest absolute Gasteiger partial charge is 0.229 e. The molecular formula is C19H27N3OS. The second-order valence-corrected chi connectivity index (χ2v) is 7.75. The molecule has 0 aliphatic carbocycles.